The van der Waals surface area contributed by atoms with E-state index in [1.807, 2.05) is 19.1 Å². The molecule has 0 saturated carbocycles. The zero-order chi connectivity index (χ0) is 24.1. The Balaban J connectivity index is 1.97. The summed E-state index contributed by atoms with van der Waals surface area (Å²) < 4.78 is 12.8. The Kier molecular flexibility index (Phi) is 8.07. The van der Waals surface area contributed by atoms with Crippen molar-refractivity contribution in [3.8, 4) is 5.75 Å². The minimum atomic E-state index is -0.627. The highest BCUT2D eigenvalue weighted by atomic mass is 32.2. The summed E-state index contributed by atoms with van der Waals surface area (Å²) in [5.41, 5.74) is 3.78. The van der Waals surface area contributed by atoms with E-state index in [9.17, 15) is 9.59 Å². The molecule has 3 rings (SSSR count). The van der Waals surface area contributed by atoms with E-state index in [1.165, 1.54) is 11.8 Å². The van der Waals surface area contributed by atoms with E-state index in [1.54, 1.807) is 26.2 Å². The Bertz CT molecular complexity index is 1040. The van der Waals surface area contributed by atoms with Crippen LogP contribution in [0.15, 0.2) is 40.7 Å². The molecule has 1 atom stereocenters. The van der Waals surface area contributed by atoms with Gasteiger partial charge in [-0.2, -0.15) is 0 Å². The maximum Gasteiger partial charge on any atom is 0.338 e. The van der Waals surface area contributed by atoms with E-state index in [4.69, 9.17) is 14.5 Å². The summed E-state index contributed by atoms with van der Waals surface area (Å²) in [6, 6.07) is 6.28. The van der Waals surface area contributed by atoms with Crippen LogP contribution in [0.5, 0.6) is 5.75 Å². The van der Waals surface area contributed by atoms with Gasteiger partial charge in [-0.05, 0) is 44.4 Å². The summed E-state index contributed by atoms with van der Waals surface area (Å²) >= 11 is 1.50. The lowest BCUT2D eigenvalue weighted by atomic mass is 9.95. The Hall–Kier alpha value is -2.94. The fourth-order valence-electron chi connectivity index (χ4n) is 3.68. The third-order valence-corrected chi connectivity index (χ3v) is 6.42. The zero-order valence-electron chi connectivity index (χ0n) is 20.0. The molecule has 33 heavy (non-hydrogen) atoms. The molecule has 0 bridgehead atoms. The van der Waals surface area contributed by atoms with E-state index in [0.717, 1.165) is 28.7 Å². The number of aryl methyl sites for hydroxylation is 1. The number of methoxy groups -OCH3 is 1. The quantitative estimate of drug-likeness (QED) is 0.421. The average molecular weight is 473 g/mol. The molecule has 0 saturated heterocycles. The van der Waals surface area contributed by atoms with Gasteiger partial charge in [-0.3, -0.25) is 0 Å². The van der Waals surface area contributed by atoms with E-state index in [-0.39, 0.29) is 12.6 Å². The Morgan fingerprint density at radius 2 is 1.94 bits per heavy atom. The fraction of sp³-hybridized carbons (Fsp3) is 0.458. The monoisotopic (exact) mass is 472 g/mol. The molecule has 178 valence electrons. The number of ether oxygens (including phenoxy) is 2. The molecule has 2 amide bonds. The van der Waals surface area contributed by atoms with Crippen molar-refractivity contribution in [2.24, 2.45) is 5.92 Å². The average Bonchev–Trinajstić information content (AvgIpc) is 3.04. The molecule has 1 unspecified atom stereocenters. The zero-order valence-corrected chi connectivity index (χ0v) is 20.8. The van der Waals surface area contributed by atoms with Crippen LogP contribution in [0.2, 0.25) is 0 Å². The van der Waals surface area contributed by atoms with Gasteiger partial charge in [0.05, 0.1) is 31.0 Å². The molecule has 1 aliphatic rings. The van der Waals surface area contributed by atoms with Crippen LogP contribution in [-0.4, -0.2) is 41.0 Å². The molecule has 1 aliphatic heterocycles. The molecule has 0 aliphatic carbocycles. The SMILES string of the molecule is CCOC(=O)C1=C(CSc2nc(C)c(C)n2CC(C)C)NC(=O)NC1c1ccc(OC)cc1. The van der Waals surface area contributed by atoms with Crippen molar-refractivity contribution >= 4 is 23.8 Å². The number of imidazole rings is 1. The van der Waals surface area contributed by atoms with Gasteiger partial charge in [0.1, 0.15) is 5.75 Å². The predicted octanol–water partition coefficient (Wildman–Crippen LogP) is 4.13. The number of hydrogen-bond donors (Lipinski definition) is 2. The van der Waals surface area contributed by atoms with E-state index < -0.39 is 12.0 Å². The van der Waals surface area contributed by atoms with Gasteiger partial charge < -0.3 is 24.7 Å². The molecule has 9 heteroatoms. The lowest BCUT2D eigenvalue weighted by molar-refractivity contribution is -0.139. The van der Waals surface area contributed by atoms with E-state index in [0.29, 0.717) is 28.7 Å². The minimum Gasteiger partial charge on any atom is -0.497 e. The first-order chi connectivity index (χ1) is 15.7. The molecule has 2 N–H and O–H groups in total. The van der Waals surface area contributed by atoms with Crippen molar-refractivity contribution in [3.05, 3.63) is 52.5 Å². The van der Waals surface area contributed by atoms with Crippen LogP contribution in [0, 0.1) is 19.8 Å². The summed E-state index contributed by atoms with van der Waals surface area (Å²) in [4.78, 5) is 30.2. The van der Waals surface area contributed by atoms with Gasteiger partial charge in [-0.15, -0.1) is 0 Å². The van der Waals surface area contributed by atoms with Gasteiger partial charge in [0.15, 0.2) is 5.16 Å². The van der Waals surface area contributed by atoms with Gasteiger partial charge in [0, 0.05) is 23.7 Å². The normalized spacial score (nSPS) is 16.0. The molecule has 1 aromatic heterocycles. The van der Waals surface area contributed by atoms with Crippen LogP contribution in [0.3, 0.4) is 0 Å². The standard InChI is InChI=1S/C24H32N4O4S/c1-7-32-22(29)20-19(13-33-24-25-15(4)16(5)28(24)12-14(2)3)26-23(30)27-21(20)17-8-10-18(31-6)11-9-17/h8-11,14,21H,7,12-13H2,1-6H3,(H2,26,27,30). The van der Waals surface area contributed by atoms with Gasteiger partial charge >= 0.3 is 12.0 Å². The maximum atomic E-state index is 13.0. The number of nitrogens with zero attached hydrogens (tertiary/aromatic N) is 2. The number of esters is 1. The Labute approximate surface area is 199 Å². The summed E-state index contributed by atoms with van der Waals surface area (Å²) in [6.07, 6.45) is 0. The molecule has 0 radical (unpaired) electrons. The number of aromatic nitrogens is 2. The number of nitrogens with one attached hydrogen (secondary N) is 2. The highest BCUT2D eigenvalue weighted by Gasteiger charge is 2.34. The van der Waals surface area contributed by atoms with Gasteiger partial charge in [0.2, 0.25) is 0 Å². The first-order valence-corrected chi connectivity index (χ1v) is 12.0. The molecule has 8 nitrogen and oxygen atoms in total. The number of hydrogen-bond acceptors (Lipinski definition) is 6. The van der Waals surface area contributed by atoms with Gasteiger partial charge in [0.25, 0.3) is 0 Å². The molecule has 0 spiro atoms. The first kappa shape index (κ1) is 24.7. The smallest absolute Gasteiger partial charge is 0.338 e. The largest absolute Gasteiger partial charge is 0.497 e. The first-order valence-electron chi connectivity index (χ1n) is 11.0. The molecular weight excluding hydrogens is 440 g/mol. The third-order valence-electron chi connectivity index (χ3n) is 5.41. The van der Waals surface area contributed by atoms with Crippen molar-refractivity contribution in [3.63, 3.8) is 0 Å². The van der Waals surface area contributed by atoms with Crippen LogP contribution in [0.4, 0.5) is 4.79 Å². The molecule has 2 heterocycles. The van der Waals surface area contributed by atoms with Crippen molar-refractivity contribution in [2.75, 3.05) is 19.5 Å². The summed E-state index contributed by atoms with van der Waals surface area (Å²) in [5.74, 6) is 1.07. The number of amides is 2. The minimum absolute atomic E-state index is 0.239. The topological polar surface area (TPSA) is 94.5 Å². The molecule has 2 aromatic rings. The lowest BCUT2D eigenvalue weighted by Gasteiger charge is -2.29. The second-order valence-electron chi connectivity index (χ2n) is 8.28. The van der Waals surface area contributed by atoms with Gasteiger partial charge in [-0.1, -0.05) is 37.7 Å². The second-order valence-corrected chi connectivity index (χ2v) is 9.22. The number of carbonyl (C=O) groups excluding carboxylic acids is 2. The number of rotatable bonds is 9. The Morgan fingerprint density at radius 1 is 1.24 bits per heavy atom. The van der Waals surface area contributed by atoms with Crippen molar-refractivity contribution < 1.29 is 19.1 Å². The van der Waals surface area contributed by atoms with Crippen LogP contribution in [0.25, 0.3) is 0 Å². The van der Waals surface area contributed by atoms with E-state index >= 15 is 0 Å². The van der Waals surface area contributed by atoms with Crippen LogP contribution in [-0.2, 0) is 16.1 Å². The number of benzene rings is 1. The molecular formula is C24H32N4O4S. The maximum absolute atomic E-state index is 13.0. The number of thioether (sulfide) groups is 1. The van der Waals surface area contributed by atoms with Crippen LogP contribution in [0.1, 0.15) is 43.8 Å². The Morgan fingerprint density at radius 3 is 2.55 bits per heavy atom. The second kappa shape index (κ2) is 10.8. The van der Waals surface area contributed by atoms with Crippen LogP contribution >= 0.6 is 11.8 Å². The highest BCUT2D eigenvalue weighted by molar-refractivity contribution is 7.99. The lowest BCUT2D eigenvalue weighted by Crippen LogP contribution is -2.46. The highest BCUT2D eigenvalue weighted by Crippen LogP contribution is 2.32. The van der Waals surface area contributed by atoms with Crippen LogP contribution < -0.4 is 15.4 Å². The summed E-state index contributed by atoms with van der Waals surface area (Å²) in [6.45, 7) is 11.2. The molecule has 1 aromatic carbocycles. The summed E-state index contributed by atoms with van der Waals surface area (Å²) in [5, 5.41) is 6.55. The summed E-state index contributed by atoms with van der Waals surface area (Å²) in [7, 11) is 1.59. The number of carbonyl (C=O) groups is 2. The predicted molar refractivity (Wildman–Crippen MR) is 128 cm³/mol. The van der Waals surface area contributed by atoms with Gasteiger partial charge in [-0.25, -0.2) is 14.6 Å². The number of urea groups is 1. The fourth-order valence-corrected chi connectivity index (χ4v) is 4.75. The van der Waals surface area contributed by atoms with Crippen molar-refractivity contribution in [2.45, 2.75) is 52.4 Å². The van der Waals surface area contributed by atoms with E-state index in [2.05, 4.69) is 36.0 Å². The van der Waals surface area contributed by atoms with Crippen molar-refractivity contribution in [1.82, 2.24) is 20.2 Å². The molecule has 0 fully saturated rings. The van der Waals surface area contributed by atoms with Crippen molar-refractivity contribution in [1.29, 1.82) is 0 Å². The third kappa shape index (κ3) is 5.71.